The first kappa shape index (κ1) is 17.3. The lowest BCUT2D eigenvalue weighted by molar-refractivity contribution is -0.143. The zero-order valence-corrected chi connectivity index (χ0v) is 16.3. The van der Waals surface area contributed by atoms with Crippen LogP contribution in [0.15, 0.2) is 43.0 Å². The Labute approximate surface area is 162 Å². The smallest absolute Gasteiger partial charge is 0.199 e. The second-order valence-electron chi connectivity index (χ2n) is 8.76. The van der Waals surface area contributed by atoms with E-state index in [1.165, 1.54) is 42.9 Å². The van der Waals surface area contributed by atoms with Gasteiger partial charge in [0.05, 0.1) is 6.10 Å². The maximum atomic E-state index is 6.52. The molecule has 2 bridgehead atoms. The van der Waals surface area contributed by atoms with Crippen molar-refractivity contribution in [3.8, 4) is 5.75 Å². The summed E-state index contributed by atoms with van der Waals surface area (Å²) in [6, 6.07) is 12.7. The molecule has 3 saturated carbocycles. The first-order valence-electron chi connectivity index (χ1n) is 10.7. The molecule has 2 aromatic rings. The van der Waals surface area contributed by atoms with E-state index < -0.39 is 0 Å². The van der Waals surface area contributed by atoms with E-state index in [0.717, 1.165) is 41.4 Å². The summed E-state index contributed by atoms with van der Waals surface area (Å²) in [6.45, 7) is 6.01. The SMILES string of the molecule is C=Cc1ccc2cc(OC(CC)OC3CC4CC3C3CCCC43)ccc2c1. The summed E-state index contributed by atoms with van der Waals surface area (Å²) in [7, 11) is 0. The van der Waals surface area contributed by atoms with Crippen molar-refractivity contribution >= 4 is 16.8 Å². The van der Waals surface area contributed by atoms with E-state index >= 15 is 0 Å². The molecule has 0 spiro atoms. The van der Waals surface area contributed by atoms with Crippen LogP contribution < -0.4 is 4.74 Å². The predicted molar refractivity (Wildman–Crippen MR) is 111 cm³/mol. The van der Waals surface area contributed by atoms with Gasteiger partial charge < -0.3 is 9.47 Å². The average molecular weight is 363 g/mol. The van der Waals surface area contributed by atoms with Crippen LogP contribution in [0.2, 0.25) is 0 Å². The molecule has 142 valence electrons. The standard InChI is InChI=1S/C25H30O2/c1-3-16-8-9-18-13-20(11-10-17(18)12-16)26-25(4-2)27-24-15-19-14-23(24)22-7-5-6-21(19)22/h3,8-13,19,21-25H,1,4-7,14-15H2,2H3. The third kappa shape index (κ3) is 3.08. The van der Waals surface area contributed by atoms with E-state index in [4.69, 9.17) is 9.47 Å². The highest BCUT2D eigenvalue weighted by atomic mass is 16.7. The molecule has 0 saturated heterocycles. The highest BCUT2D eigenvalue weighted by molar-refractivity contribution is 5.85. The molecule has 27 heavy (non-hydrogen) atoms. The maximum Gasteiger partial charge on any atom is 0.199 e. The van der Waals surface area contributed by atoms with E-state index in [1.54, 1.807) is 0 Å². The van der Waals surface area contributed by atoms with Gasteiger partial charge in [-0.2, -0.15) is 0 Å². The molecule has 0 aliphatic heterocycles. The molecule has 0 N–H and O–H groups in total. The zero-order valence-electron chi connectivity index (χ0n) is 16.3. The fraction of sp³-hybridized carbons (Fsp3) is 0.520. The van der Waals surface area contributed by atoms with Crippen molar-refractivity contribution in [3.63, 3.8) is 0 Å². The molecule has 0 aromatic heterocycles. The van der Waals surface area contributed by atoms with Crippen LogP contribution in [-0.2, 0) is 4.74 Å². The van der Waals surface area contributed by atoms with Gasteiger partial charge >= 0.3 is 0 Å². The van der Waals surface area contributed by atoms with Crippen molar-refractivity contribution in [3.05, 3.63) is 48.5 Å². The maximum absolute atomic E-state index is 6.52. The van der Waals surface area contributed by atoms with Crippen LogP contribution in [0.4, 0.5) is 0 Å². The van der Waals surface area contributed by atoms with Crippen molar-refractivity contribution < 1.29 is 9.47 Å². The Kier molecular flexibility index (Phi) is 4.47. The van der Waals surface area contributed by atoms with Crippen molar-refractivity contribution in [1.82, 2.24) is 0 Å². The van der Waals surface area contributed by atoms with E-state index in [1.807, 2.05) is 6.08 Å². The minimum Gasteiger partial charge on any atom is -0.465 e. The van der Waals surface area contributed by atoms with Gasteiger partial charge in [-0.1, -0.05) is 44.2 Å². The zero-order chi connectivity index (χ0) is 18.4. The topological polar surface area (TPSA) is 18.5 Å². The molecule has 2 heteroatoms. The normalized spacial score (nSPS) is 32.6. The number of fused-ring (bicyclic) bond motifs is 6. The van der Waals surface area contributed by atoms with Crippen LogP contribution in [0.25, 0.3) is 16.8 Å². The fourth-order valence-corrected chi connectivity index (χ4v) is 6.16. The highest BCUT2D eigenvalue weighted by Gasteiger charge is 2.54. The van der Waals surface area contributed by atoms with Crippen molar-refractivity contribution in [2.75, 3.05) is 0 Å². The molecule has 3 aliphatic carbocycles. The quantitative estimate of drug-likeness (QED) is 0.551. The monoisotopic (exact) mass is 362 g/mol. The molecule has 6 unspecified atom stereocenters. The van der Waals surface area contributed by atoms with Gasteiger partial charge in [0, 0.05) is 6.42 Å². The minimum atomic E-state index is -0.140. The molecule has 0 amide bonds. The van der Waals surface area contributed by atoms with Crippen molar-refractivity contribution in [2.24, 2.45) is 23.7 Å². The molecule has 3 fully saturated rings. The first-order chi connectivity index (χ1) is 13.2. The van der Waals surface area contributed by atoms with Crippen LogP contribution in [0.1, 0.15) is 51.0 Å². The fourth-order valence-electron chi connectivity index (χ4n) is 6.16. The molecule has 5 rings (SSSR count). The summed E-state index contributed by atoms with van der Waals surface area (Å²) in [6.07, 6.45) is 10.0. The van der Waals surface area contributed by atoms with Crippen molar-refractivity contribution in [2.45, 2.75) is 57.8 Å². The Morgan fingerprint density at radius 2 is 1.85 bits per heavy atom. The van der Waals surface area contributed by atoms with E-state index in [9.17, 15) is 0 Å². The van der Waals surface area contributed by atoms with E-state index in [2.05, 4.69) is 49.9 Å². The Bertz CT molecular complexity index is 841. The van der Waals surface area contributed by atoms with Crippen LogP contribution in [-0.4, -0.2) is 12.4 Å². The lowest BCUT2D eigenvalue weighted by Gasteiger charge is -2.33. The summed E-state index contributed by atoms with van der Waals surface area (Å²) >= 11 is 0. The second kappa shape index (κ2) is 6.98. The Morgan fingerprint density at radius 3 is 2.70 bits per heavy atom. The Hall–Kier alpha value is -1.80. The number of ether oxygens (including phenoxy) is 2. The third-order valence-electron chi connectivity index (χ3n) is 7.37. The largest absolute Gasteiger partial charge is 0.465 e. The van der Waals surface area contributed by atoms with Crippen LogP contribution >= 0.6 is 0 Å². The predicted octanol–water partition coefficient (Wildman–Crippen LogP) is 6.44. The average Bonchev–Trinajstić information content (AvgIpc) is 3.40. The molecule has 3 aliphatic rings. The van der Waals surface area contributed by atoms with Gasteiger partial charge in [-0.3, -0.25) is 0 Å². The van der Waals surface area contributed by atoms with Gasteiger partial charge in [-0.15, -0.1) is 0 Å². The molecular weight excluding hydrogens is 332 g/mol. The molecule has 0 radical (unpaired) electrons. The summed E-state index contributed by atoms with van der Waals surface area (Å²) in [5.41, 5.74) is 1.15. The second-order valence-corrected chi connectivity index (χ2v) is 8.76. The highest BCUT2D eigenvalue weighted by Crippen LogP contribution is 2.59. The van der Waals surface area contributed by atoms with E-state index in [-0.39, 0.29) is 6.29 Å². The molecule has 2 aromatic carbocycles. The number of hydrogen-bond donors (Lipinski definition) is 0. The summed E-state index contributed by atoms with van der Waals surface area (Å²) in [5, 5.41) is 2.41. The number of benzene rings is 2. The van der Waals surface area contributed by atoms with Gasteiger partial charge in [0.15, 0.2) is 6.29 Å². The lowest BCUT2D eigenvalue weighted by Crippen LogP contribution is -2.35. The number of hydrogen-bond acceptors (Lipinski definition) is 2. The first-order valence-corrected chi connectivity index (χ1v) is 10.7. The van der Waals surface area contributed by atoms with Crippen LogP contribution in [0.5, 0.6) is 5.75 Å². The molecule has 6 atom stereocenters. The minimum absolute atomic E-state index is 0.140. The Balaban J connectivity index is 1.28. The van der Waals surface area contributed by atoms with Gasteiger partial charge in [0.2, 0.25) is 0 Å². The van der Waals surface area contributed by atoms with Gasteiger partial charge in [0.1, 0.15) is 5.75 Å². The van der Waals surface area contributed by atoms with Crippen LogP contribution in [0, 0.1) is 23.7 Å². The summed E-state index contributed by atoms with van der Waals surface area (Å²) < 4.78 is 12.8. The molecular formula is C25H30O2. The third-order valence-corrected chi connectivity index (χ3v) is 7.37. The lowest BCUT2D eigenvalue weighted by atomic mass is 9.80. The van der Waals surface area contributed by atoms with Crippen molar-refractivity contribution in [1.29, 1.82) is 0 Å². The summed E-state index contributed by atoms with van der Waals surface area (Å²) in [5.74, 6) is 4.56. The summed E-state index contributed by atoms with van der Waals surface area (Å²) in [4.78, 5) is 0. The van der Waals surface area contributed by atoms with Crippen LogP contribution in [0.3, 0.4) is 0 Å². The van der Waals surface area contributed by atoms with E-state index in [0.29, 0.717) is 6.10 Å². The van der Waals surface area contributed by atoms with Gasteiger partial charge in [0.25, 0.3) is 0 Å². The number of rotatable bonds is 6. The van der Waals surface area contributed by atoms with Gasteiger partial charge in [-0.05, 0) is 83.9 Å². The molecule has 0 heterocycles. The Morgan fingerprint density at radius 1 is 1.04 bits per heavy atom. The van der Waals surface area contributed by atoms with Gasteiger partial charge in [-0.25, -0.2) is 0 Å². The molecule has 2 nitrogen and oxygen atoms in total.